The van der Waals surface area contributed by atoms with Crippen LogP contribution in [0.2, 0.25) is 0 Å². The van der Waals surface area contributed by atoms with Crippen LogP contribution in [0.3, 0.4) is 0 Å². The molecule has 0 spiro atoms. The molecular weight excluding hydrogens is 1880 g/mol. The average molecular weight is 2010 g/mol. The van der Waals surface area contributed by atoms with E-state index >= 15 is 0 Å². The lowest BCUT2D eigenvalue weighted by atomic mass is 10.2. The number of nitrogens with zero attached hydrogens (tertiary/aromatic N) is 8. The van der Waals surface area contributed by atoms with E-state index in [-0.39, 0.29) is 79.1 Å². The van der Waals surface area contributed by atoms with Gasteiger partial charge in [-0.05, 0) is 167 Å². The maximum absolute atomic E-state index is 12.4. The number of hydrogen-bond acceptors (Lipinski definition) is 37. The van der Waals surface area contributed by atoms with Crippen molar-refractivity contribution in [3.05, 3.63) is 202 Å². The fourth-order valence-corrected chi connectivity index (χ4v) is 10.6. The van der Waals surface area contributed by atoms with Crippen molar-refractivity contribution in [3.63, 3.8) is 0 Å². The number of carboxylic acids is 4. The molecule has 0 heterocycles. The Morgan fingerprint density at radius 2 is 0.556 bits per heavy atom. The van der Waals surface area contributed by atoms with Gasteiger partial charge in [-0.3, -0.25) is 50.6 Å². The van der Waals surface area contributed by atoms with Crippen molar-refractivity contribution in [2.45, 2.75) is 194 Å². The molecule has 6 atom stereocenters. The number of halogens is 1. The SMILES string of the molecule is CC(C)(C)OC(=O)N[C@H](CN)C(=O)O.CC(C)(C)OC(=O)N[C@H](CNc1ccccc1[N+](=O)[O-])C(=O)O.CN(C[C@@H](NC(=O)OC(C)(C)C)C(=O)O)c1ccccc1N.CN(C[C@@H](NC(=O)OC(C)(C)C)C(=O)O)c1ccccc1[N+](=O)[O-].COC(=O)[C@@H](CN(C)c1ccccc1[N+](=O)[O-])NC(=O)OC(C)(C)C.COC(=O)[C@@H](CNc1ccccc1[N+](=O)[O-])NC(=O)OC(C)(C)C.O=[N+]([O-])c1ccccc1F. The number of hydrogen-bond donors (Lipinski definition) is 14. The normalized spacial score (nSPS) is 12.0. The topological polar surface area (TPSA) is 733 Å². The number of para-hydroxylation sites is 11. The van der Waals surface area contributed by atoms with Crippen molar-refractivity contribution in [3.8, 4) is 0 Å². The Bertz CT molecular complexity index is 5220. The van der Waals surface area contributed by atoms with Gasteiger partial charge in [-0.1, -0.05) is 72.8 Å². The molecule has 53 heteroatoms. The molecule has 6 aromatic rings. The first-order valence-electron chi connectivity index (χ1n) is 42.4. The molecular formula is C89H127FN18O34. The number of nitro groups is 5. The fraction of sp³-hybridized carbons (Fsp3) is 0.461. The molecule has 0 aliphatic carbocycles. The second-order valence-corrected chi connectivity index (χ2v) is 35.5. The number of carboxylic acid groups (broad SMARTS) is 4. The number of nitrogen functional groups attached to an aromatic ring is 1. The Kier molecular flexibility index (Phi) is 52.0. The van der Waals surface area contributed by atoms with Crippen LogP contribution in [0.4, 0.5) is 95.7 Å². The fourth-order valence-electron chi connectivity index (χ4n) is 10.6. The first-order valence-corrected chi connectivity index (χ1v) is 42.4. The standard InChI is InChI=1S/C16H23N3O6.2C15H21N3O6.C15H23N3O4.C14H19N3O6.C8H16N2O4.C6H4FNO2/c1-16(2,3)25-15(21)17-11(14(20)24-5)10-18(4)12-8-6-7-9-13(12)19(22)23;1-15(2,3)24-14(21)16-10(13(19)20)9-17(4)11-7-5-6-8-12(11)18(22)23;1-15(2,3)24-14(20)17-11(13(19)23-4)9-16-10-7-5-6-8-12(10)18(21)22;1-15(2,3)22-14(21)17-11(13(19)20)9-18(4)12-8-6-5-7-10(12)16;1-14(2,3)23-13(20)16-10(12(18)19)8-15-9-6-4-5-7-11(9)17(21)22;1-8(2,3)14-7(13)10-5(4-9)6(11)12;7-5-3-1-2-4-6(5)8(9)10/h6-9,11H,10H2,1-5H3,(H,17,21);5-8,10H,9H2,1-4H3,(H,16,21)(H,19,20);5-8,11,16H,9H2,1-4H3,(H,17,20);5-8,11H,9,16H2,1-4H3,(H,17,21)(H,19,20);4-7,10,15H,8H2,1-3H3,(H,16,20)(H,18,19);5H,4,9H2,1-3H3,(H,10,13)(H,11,12);1-4H/t11-;10-;2*11-;10-;5-;/m111111./s1. The molecule has 0 bridgehead atoms. The second kappa shape index (κ2) is 58.9. The number of nitrogens with one attached hydrogen (secondary N) is 8. The summed E-state index contributed by atoms with van der Waals surface area (Å²) in [5.74, 6) is -7.07. The van der Waals surface area contributed by atoms with Crippen LogP contribution in [0, 0.1) is 56.4 Å². The summed E-state index contributed by atoms with van der Waals surface area (Å²) in [6, 6.07) is 29.0. The number of carbonyl (C=O) groups excluding carboxylic acids is 8. The third-order valence-electron chi connectivity index (χ3n) is 16.5. The molecule has 6 aromatic carbocycles. The van der Waals surface area contributed by atoms with Crippen molar-refractivity contribution in [1.82, 2.24) is 31.9 Å². The molecule has 16 N–H and O–H groups in total. The molecule has 0 saturated carbocycles. The van der Waals surface area contributed by atoms with Gasteiger partial charge in [0, 0.05) is 90.7 Å². The van der Waals surface area contributed by atoms with Crippen LogP contribution in [-0.4, -0.2) is 262 Å². The summed E-state index contributed by atoms with van der Waals surface area (Å²) < 4.78 is 51.9. The van der Waals surface area contributed by atoms with E-state index in [2.05, 4.69) is 52.0 Å². The number of amides is 6. The Morgan fingerprint density at radius 1 is 0.331 bits per heavy atom. The predicted octanol–water partition coefficient (Wildman–Crippen LogP) is 11.5. The summed E-state index contributed by atoms with van der Waals surface area (Å²) in [4.78, 5) is 194. The minimum atomic E-state index is -1.30. The highest BCUT2D eigenvalue weighted by Crippen LogP contribution is 2.31. The predicted molar refractivity (Wildman–Crippen MR) is 516 cm³/mol. The number of esters is 2. The van der Waals surface area contributed by atoms with E-state index in [1.54, 1.807) is 204 Å². The highest BCUT2D eigenvalue weighted by atomic mass is 19.1. The maximum atomic E-state index is 12.4. The van der Waals surface area contributed by atoms with Crippen LogP contribution >= 0.6 is 0 Å². The molecule has 784 valence electrons. The molecule has 0 aliphatic rings. The van der Waals surface area contributed by atoms with Gasteiger partial charge in [0.1, 0.15) is 92.6 Å². The average Bonchev–Trinajstić information content (AvgIpc) is 0.838. The van der Waals surface area contributed by atoms with Gasteiger partial charge in [0.2, 0.25) is 5.82 Å². The second-order valence-electron chi connectivity index (χ2n) is 35.5. The van der Waals surface area contributed by atoms with Crippen molar-refractivity contribution in [2.24, 2.45) is 5.73 Å². The molecule has 0 aromatic heterocycles. The Morgan fingerprint density at radius 3 is 0.831 bits per heavy atom. The third kappa shape index (κ3) is 52.7. The van der Waals surface area contributed by atoms with Gasteiger partial charge >= 0.3 is 78.1 Å². The summed E-state index contributed by atoms with van der Waals surface area (Å²) in [6.45, 7) is 29.6. The number of nitro benzene ring substituents is 5. The number of alkyl carbamates (subject to hydrolysis) is 6. The first-order chi connectivity index (χ1) is 65.4. The molecule has 52 nitrogen and oxygen atoms in total. The van der Waals surface area contributed by atoms with Crippen molar-refractivity contribution in [1.29, 1.82) is 0 Å². The van der Waals surface area contributed by atoms with E-state index in [0.717, 1.165) is 12.1 Å². The van der Waals surface area contributed by atoms with E-state index in [1.807, 2.05) is 0 Å². The van der Waals surface area contributed by atoms with Crippen LogP contribution in [0.5, 0.6) is 0 Å². The lowest BCUT2D eigenvalue weighted by molar-refractivity contribution is -0.387. The summed E-state index contributed by atoms with van der Waals surface area (Å²) >= 11 is 0. The first kappa shape index (κ1) is 125. The van der Waals surface area contributed by atoms with Crippen LogP contribution in [0.25, 0.3) is 0 Å². The minimum absolute atomic E-state index is 0.0310. The number of nitrogens with two attached hydrogens (primary N) is 2. The summed E-state index contributed by atoms with van der Waals surface area (Å²) in [5, 5.41) is 109. The molecule has 6 rings (SSSR count). The summed E-state index contributed by atoms with van der Waals surface area (Å²) in [6.07, 6.45) is -4.87. The quantitative estimate of drug-likeness (QED) is 0.00598. The van der Waals surface area contributed by atoms with E-state index in [9.17, 15) is 123 Å². The summed E-state index contributed by atoms with van der Waals surface area (Å²) in [7, 11) is 7.16. The van der Waals surface area contributed by atoms with Crippen molar-refractivity contribution in [2.75, 3.05) is 106 Å². The number of anilines is 6. The number of benzene rings is 6. The molecule has 0 fully saturated rings. The van der Waals surface area contributed by atoms with Gasteiger partial charge in [0.05, 0.1) is 50.2 Å². The molecule has 0 radical (unpaired) electrons. The highest BCUT2D eigenvalue weighted by Gasteiger charge is 2.34. The van der Waals surface area contributed by atoms with Gasteiger partial charge in [0.25, 0.3) is 22.7 Å². The zero-order valence-electron chi connectivity index (χ0n) is 82.7. The zero-order valence-corrected chi connectivity index (χ0v) is 82.7. The Hall–Kier alpha value is -16.6. The lowest BCUT2D eigenvalue weighted by Gasteiger charge is -2.26. The van der Waals surface area contributed by atoms with Crippen LogP contribution < -0.4 is 68.7 Å². The number of aliphatic carboxylic acids is 4. The van der Waals surface area contributed by atoms with E-state index in [1.165, 1.54) is 104 Å². The van der Waals surface area contributed by atoms with Crippen LogP contribution in [-0.2, 0) is 66.7 Å². The van der Waals surface area contributed by atoms with Gasteiger partial charge in [-0.25, -0.2) is 57.5 Å². The third-order valence-corrected chi connectivity index (χ3v) is 16.5. The number of rotatable bonds is 33. The molecule has 142 heavy (non-hydrogen) atoms. The van der Waals surface area contributed by atoms with Gasteiger partial charge < -0.3 is 127 Å². The number of ether oxygens (including phenoxy) is 8. The minimum Gasteiger partial charge on any atom is -0.480 e. The van der Waals surface area contributed by atoms with Crippen LogP contribution in [0.15, 0.2) is 146 Å². The van der Waals surface area contributed by atoms with E-state index < -0.39 is 178 Å². The molecule has 0 unspecified atom stereocenters. The molecule has 0 aliphatic heterocycles. The van der Waals surface area contributed by atoms with E-state index in [4.69, 9.17) is 50.1 Å². The zero-order chi connectivity index (χ0) is 109. The number of carbonyl (C=O) groups is 12. The number of likely N-dealkylation sites (N-methyl/N-ethyl adjacent to an activating group) is 3. The van der Waals surface area contributed by atoms with Gasteiger partial charge in [0.15, 0.2) is 0 Å². The number of methoxy groups -OCH3 is 2. The largest absolute Gasteiger partial charge is 0.480 e. The highest BCUT2D eigenvalue weighted by molar-refractivity contribution is 5.86. The van der Waals surface area contributed by atoms with Crippen LogP contribution in [0.1, 0.15) is 125 Å². The monoisotopic (exact) mass is 2010 g/mol. The van der Waals surface area contributed by atoms with E-state index in [0.29, 0.717) is 17.1 Å². The smallest absolute Gasteiger partial charge is 0.408 e. The van der Waals surface area contributed by atoms with Crippen molar-refractivity contribution >= 4 is 135 Å². The Balaban J connectivity index is 0.00000166. The molecule has 0 saturated heterocycles. The van der Waals surface area contributed by atoms with Gasteiger partial charge in [-0.15, -0.1) is 0 Å². The van der Waals surface area contributed by atoms with Gasteiger partial charge in [-0.2, -0.15) is 4.39 Å². The lowest BCUT2D eigenvalue weighted by Crippen LogP contribution is -2.49. The molecule has 6 amide bonds. The van der Waals surface area contributed by atoms with Crippen molar-refractivity contribution < 1.29 is 145 Å². The summed E-state index contributed by atoms with van der Waals surface area (Å²) in [5.41, 5.74) is 7.77. The Labute approximate surface area is 816 Å². The maximum Gasteiger partial charge on any atom is 0.408 e.